The highest BCUT2D eigenvalue weighted by molar-refractivity contribution is 7.91. The molecule has 0 atom stereocenters. The lowest BCUT2D eigenvalue weighted by molar-refractivity contribution is 0.384. The Morgan fingerprint density at radius 1 is 0.893 bits per heavy atom. The Balaban J connectivity index is 1.47. The predicted molar refractivity (Wildman–Crippen MR) is 113 cm³/mol. The average Bonchev–Trinajstić information content (AvgIpc) is 3.15. The Labute approximate surface area is 171 Å². The second-order valence-corrected chi connectivity index (χ2v) is 10.9. The molecule has 2 aliphatic rings. The summed E-state index contributed by atoms with van der Waals surface area (Å²) in [5, 5.41) is 0. The smallest absolute Gasteiger partial charge is 0.252 e. The zero-order valence-corrected chi connectivity index (χ0v) is 18.1. The summed E-state index contributed by atoms with van der Waals surface area (Å²) in [4.78, 5) is 14.9. The van der Waals surface area contributed by atoms with Crippen LogP contribution < -0.4 is 9.80 Å². The molecular formula is C19H27N5O2S2. The summed E-state index contributed by atoms with van der Waals surface area (Å²) in [5.41, 5.74) is 0.953. The summed E-state index contributed by atoms with van der Waals surface area (Å²) >= 11 is 1.34. The van der Waals surface area contributed by atoms with Crippen molar-refractivity contribution in [1.82, 2.24) is 14.3 Å². The minimum Gasteiger partial charge on any atom is -0.354 e. The van der Waals surface area contributed by atoms with Crippen LogP contribution in [0.5, 0.6) is 0 Å². The van der Waals surface area contributed by atoms with E-state index in [0.717, 1.165) is 35.4 Å². The van der Waals surface area contributed by atoms with E-state index < -0.39 is 10.0 Å². The third kappa shape index (κ3) is 4.01. The standard InChI is InChI=1S/C19H27N5O2S2/c1-15-14-17(21-19(20-15)23-8-4-3-5-9-23)22-10-12-24(13-11-22)28(25,26)18-7-6-16(2)27-18/h6-7,14H,3-5,8-13H2,1-2H3. The number of rotatable bonds is 4. The molecule has 2 aromatic heterocycles. The van der Waals surface area contributed by atoms with E-state index in [2.05, 4.69) is 14.8 Å². The van der Waals surface area contributed by atoms with E-state index in [9.17, 15) is 8.42 Å². The summed E-state index contributed by atoms with van der Waals surface area (Å²) in [7, 11) is -3.40. The molecule has 0 N–H and O–H groups in total. The van der Waals surface area contributed by atoms with Crippen molar-refractivity contribution >= 4 is 33.1 Å². The lowest BCUT2D eigenvalue weighted by Gasteiger charge is -2.35. The maximum absolute atomic E-state index is 12.8. The topological polar surface area (TPSA) is 69.6 Å². The Morgan fingerprint density at radius 2 is 1.61 bits per heavy atom. The highest BCUT2D eigenvalue weighted by Gasteiger charge is 2.30. The second kappa shape index (κ2) is 7.96. The van der Waals surface area contributed by atoms with Crippen LogP contribution in [0.4, 0.5) is 11.8 Å². The largest absolute Gasteiger partial charge is 0.354 e. The van der Waals surface area contributed by atoms with Gasteiger partial charge >= 0.3 is 0 Å². The minimum absolute atomic E-state index is 0.434. The van der Waals surface area contributed by atoms with Crippen molar-refractivity contribution in [3.63, 3.8) is 0 Å². The van der Waals surface area contributed by atoms with Gasteiger partial charge in [-0.3, -0.25) is 0 Å². The van der Waals surface area contributed by atoms with E-state index in [1.165, 1.54) is 30.6 Å². The van der Waals surface area contributed by atoms with Crippen LogP contribution in [0.2, 0.25) is 0 Å². The molecule has 0 spiro atoms. The highest BCUT2D eigenvalue weighted by Crippen LogP contribution is 2.27. The van der Waals surface area contributed by atoms with Gasteiger partial charge in [0, 0.05) is 55.9 Å². The SMILES string of the molecule is Cc1cc(N2CCN(S(=O)(=O)c3ccc(C)s3)CC2)nc(N2CCCCC2)n1. The lowest BCUT2D eigenvalue weighted by atomic mass is 10.1. The summed E-state index contributed by atoms with van der Waals surface area (Å²) < 4.78 is 27.7. The number of piperazine rings is 1. The quantitative estimate of drug-likeness (QED) is 0.756. The van der Waals surface area contributed by atoms with E-state index in [4.69, 9.17) is 4.98 Å². The third-order valence-electron chi connectivity index (χ3n) is 5.34. The van der Waals surface area contributed by atoms with Gasteiger partial charge in [-0.2, -0.15) is 9.29 Å². The van der Waals surface area contributed by atoms with Crippen molar-refractivity contribution in [2.45, 2.75) is 37.3 Å². The number of sulfonamides is 1. The maximum Gasteiger partial charge on any atom is 0.252 e. The summed E-state index contributed by atoms with van der Waals surface area (Å²) in [6.07, 6.45) is 3.64. The number of hydrogen-bond acceptors (Lipinski definition) is 7. The molecule has 0 radical (unpaired) electrons. The van der Waals surface area contributed by atoms with Crippen LogP contribution in [0.3, 0.4) is 0 Å². The van der Waals surface area contributed by atoms with Crippen LogP contribution in [0, 0.1) is 13.8 Å². The van der Waals surface area contributed by atoms with E-state index in [1.807, 2.05) is 26.0 Å². The first-order valence-corrected chi connectivity index (χ1v) is 12.1. The molecule has 152 valence electrons. The van der Waals surface area contributed by atoms with Gasteiger partial charge in [0.15, 0.2) is 0 Å². The number of thiophene rings is 1. The van der Waals surface area contributed by atoms with Crippen molar-refractivity contribution in [1.29, 1.82) is 0 Å². The van der Waals surface area contributed by atoms with Crippen molar-refractivity contribution in [3.05, 3.63) is 28.8 Å². The molecule has 4 heterocycles. The van der Waals surface area contributed by atoms with Crippen molar-refractivity contribution in [2.24, 2.45) is 0 Å². The first-order chi connectivity index (χ1) is 13.4. The van der Waals surface area contributed by atoms with Crippen molar-refractivity contribution in [3.8, 4) is 0 Å². The van der Waals surface area contributed by atoms with Crippen LogP contribution in [0.1, 0.15) is 29.8 Å². The van der Waals surface area contributed by atoms with E-state index in [1.54, 1.807) is 10.4 Å². The number of hydrogen-bond donors (Lipinski definition) is 0. The molecule has 28 heavy (non-hydrogen) atoms. The summed E-state index contributed by atoms with van der Waals surface area (Å²) in [6, 6.07) is 5.57. The fourth-order valence-electron chi connectivity index (χ4n) is 3.77. The lowest BCUT2D eigenvalue weighted by Crippen LogP contribution is -2.48. The van der Waals surface area contributed by atoms with Gasteiger partial charge < -0.3 is 9.80 Å². The maximum atomic E-state index is 12.8. The number of aryl methyl sites for hydroxylation is 2. The van der Waals surface area contributed by atoms with Crippen LogP contribution in [0.15, 0.2) is 22.4 Å². The van der Waals surface area contributed by atoms with Gasteiger partial charge in [-0.25, -0.2) is 13.4 Å². The molecule has 0 amide bonds. The van der Waals surface area contributed by atoms with Crippen LogP contribution >= 0.6 is 11.3 Å². The molecule has 2 aliphatic heterocycles. The van der Waals surface area contributed by atoms with E-state index in [-0.39, 0.29) is 0 Å². The molecule has 2 aromatic rings. The van der Waals surface area contributed by atoms with Gasteiger partial charge in [-0.05, 0) is 45.2 Å². The van der Waals surface area contributed by atoms with E-state index in [0.29, 0.717) is 30.4 Å². The Hall–Kier alpha value is -1.71. The first-order valence-electron chi connectivity index (χ1n) is 9.86. The number of anilines is 2. The summed E-state index contributed by atoms with van der Waals surface area (Å²) in [5.74, 6) is 1.70. The van der Waals surface area contributed by atoms with Crippen LogP contribution in [-0.4, -0.2) is 62.0 Å². The molecule has 0 unspecified atom stereocenters. The molecule has 7 nitrogen and oxygen atoms in total. The van der Waals surface area contributed by atoms with Gasteiger partial charge in [0.05, 0.1) is 0 Å². The van der Waals surface area contributed by atoms with Gasteiger partial charge in [0.1, 0.15) is 10.0 Å². The Bertz CT molecular complexity index is 930. The molecule has 0 aromatic carbocycles. The molecular weight excluding hydrogens is 394 g/mol. The van der Waals surface area contributed by atoms with E-state index >= 15 is 0 Å². The molecule has 2 fully saturated rings. The molecule has 0 saturated carbocycles. The van der Waals surface area contributed by atoms with Gasteiger partial charge in [0.25, 0.3) is 10.0 Å². The third-order valence-corrected chi connectivity index (χ3v) is 8.71. The van der Waals surface area contributed by atoms with Gasteiger partial charge in [0.2, 0.25) is 5.95 Å². The monoisotopic (exact) mass is 421 g/mol. The fourth-order valence-corrected chi connectivity index (χ4v) is 6.63. The van der Waals surface area contributed by atoms with Gasteiger partial charge in [-0.1, -0.05) is 0 Å². The van der Waals surface area contributed by atoms with Crippen LogP contribution in [-0.2, 0) is 10.0 Å². The molecule has 4 rings (SSSR count). The zero-order chi connectivity index (χ0) is 19.7. The average molecular weight is 422 g/mol. The molecule has 9 heteroatoms. The minimum atomic E-state index is -3.40. The second-order valence-electron chi connectivity index (χ2n) is 7.47. The zero-order valence-electron chi connectivity index (χ0n) is 16.5. The summed E-state index contributed by atoms with van der Waals surface area (Å²) in [6.45, 7) is 8.17. The van der Waals surface area contributed by atoms with Crippen LogP contribution in [0.25, 0.3) is 0 Å². The number of aromatic nitrogens is 2. The van der Waals surface area contributed by atoms with Gasteiger partial charge in [-0.15, -0.1) is 11.3 Å². The molecule has 0 bridgehead atoms. The molecule has 0 aliphatic carbocycles. The van der Waals surface area contributed by atoms with Crippen molar-refractivity contribution in [2.75, 3.05) is 49.1 Å². The predicted octanol–water partition coefficient (Wildman–Crippen LogP) is 2.66. The number of piperidine rings is 1. The Morgan fingerprint density at radius 3 is 2.25 bits per heavy atom. The molecule has 2 saturated heterocycles. The fraction of sp³-hybridized carbons (Fsp3) is 0.579. The highest BCUT2D eigenvalue weighted by atomic mass is 32.2. The Kier molecular flexibility index (Phi) is 5.57. The normalized spacial score (nSPS) is 19.2. The van der Waals surface area contributed by atoms with Crippen molar-refractivity contribution < 1.29 is 8.42 Å². The first kappa shape index (κ1) is 19.6. The number of nitrogens with zero attached hydrogens (tertiary/aromatic N) is 5.